The molecule has 0 aromatic rings. The Bertz CT molecular complexity index is 215. The standard InChI is InChI=1S/C10H17NO2/c1-7(2)6-11-8-4-3-5-9(8)13-10(11)12/h7-9H,3-6H2,1-2H3/t8-,9+/m1/s1. The first-order valence-corrected chi connectivity index (χ1v) is 5.15. The smallest absolute Gasteiger partial charge is 0.410 e. The number of hydrogen-bond acceptors (Lipinski definition) is 2. The summed E-state index contributed by atoms with van der Waals surface area (Å²) < 4.78 is 5.29. The Morgan fingerprint density at radius 3 is 3.00 bits per heavy atom. The van der Waals surface area contributed by atoms with Gasteiger partial charge in [-0.05, 0) is 25.2 Å². The molecule has 1 heterocycles. The average Bonchev–Trinajstić information content (AvgIpc) is 2.55. The Morgan fingerprint density at radius 2 is 2.31 bits per heavy atom. The molecule has 0 spiro atoms. The summed E-state index contributed by atoms with van der Waals surface area (Å²) in [7, 11) is 0. The summed E-state index contributed by atoms with van der Waals surface area (Å²) in [6, 6.07) is 0.384. The number of carbonyl (C=O) groups is 1. The van der Waals surface area contributed by atoms with Gasteiger partial charge in [0, 0.05) is 6.54 Å². The number of carbonyl (C=O) groups excluding carboxylic acids is 1. The lowest BCUT2D eigenvalue weighted by atomic mass is 10.1. The summed E-state index contributed by atoms with van der Waals surface area (Å²) >= 11 is 0. The second-order valence-electron chi connectivity index (χ2n) is 4.47. The van der Waals surface area contributed by atoms with Crippen molar-refractivity contribution >= 4 is 6.09 Å². The highest BCUT2D eigenvalue weighted by atomic mass is 16.6. The van der Waals surface area contributed by atoms with Crippen LogP contribution in [0.3, 0.4) is 0 Å². The minimum absolute atomic E-state index is 0.0941. The van der Waals surface area contributed by atoms with Crippen LogP contribution < -0.4 is 0 Å². The van der Waals surface area contributed by atoms with Gasteiger partial charge >= 0.3 is 6.09 Å². The van der Waals surface area contributed by atoms with E-state index in [1.807, 2.05) is 4.90 Å². The van der Waals surface area contributed by atoms with Gasteiger partial charge in [0.25, 0.3) is 0 Å². The van der Waals surface area contributed by atoms with Gasteiger partial charge in [0.15, 0.2) is 0 Å². The molecule has 1 saturated heterocycles. The number of ether oxygens (including phenoxy) is 1. The van der Waals surface area contributed by atoms with Gasteiger partial charge in [-0.3, -0.25) is 0 Å². The zero-order valence-electron chi connectivity index (χ0n) is 8.32. The van der Waals surface area contributed by atoms with Crippen molar-refractivity contribution in [1.29, 1.82) is 0 Å². The number of hydrogen-bond donors (Lipinski definition) is 0. The van der Waals surface area contributed by atoms with Crippen LogP contribution in [-0.4, -0.2) is 29.7 Å². The van der Waals surface area contributed by atoms with Crippen LogP contribution in [0.2, 0.25) is 0 Å². The number of amides is 1. The molecule has 0 aromatic heterocycles. The summed E-state index contributed by atoms with van der Waals surface area (Å²) in [4.78, 5) is 13.3. The van der Waals surface area contributed by atoms with Crippen molar-refractivity contribution in [3.8, 4) is 0 Å². The second-order valence-corrected chi connectivity index (χ2v) is 4.47. The Kier molecular flexibility index (Phi) is 2.18. The highest BCUT2D eigenvalue weighted by Crippen LogP contribution is 2.33. The van der Waals surface area contributed by atoms with E-state index in [4.69, 9.17) is 4.74 Å². The van der Waals surface area contributed by atoms with Crippen molar-refractivity contribution in [2.24, 2.45) is 5.92 Å². The first-order chi connectivity index (χ1) is 6.18. The molecule has 2 aliphatic rings. The van der Waals surface area contributed by atoms with E-state index in [9.17, 15) is 4.79 Å². The van der Waals surface area contributed by atoms with E-state index in [-0.39, 0.29) is 12.2 Å². The summed E-state index contributed by atoms with van der Waals surface area (Å²) in [5, 5.41) is 0. The molecule has 3 heteroatoms. The molecule has 0 N–H and O–H groups in total. The van der Waals surface area contributed by atoms with Crippen LogP contribution in [0.15, 0.2) is 0 Å². The van der Waals surface area contributed by atoms with Gasteiger partial charge in [-0.25, -0.2) is 4.79 Å². The third-order valence-electron chi connectivity index (χ3n) is 2.87. The van der Waals surface area contributed by atoms with Crippen molar-refractivity contribution in [3.05, 3.63) is 0 Å². The van der Waals surface area contributed by atoms with Crippen LogP contribution in [-0.2, 0) is 4.74 Å². The number of rotatable bonds is 2. The maximum absolute atomic E-state index is 11.4. The normalized spacial score (nSPS) is 32.5. The van der Waals surface area contributed by atoms with Crippen LogP contribution in [0.25, 0.3) is 0 Å². The lowest BCUT2D eigenvalue weighted by Gasteiger charge is -2.21. The predicted octanol–water partition coefficient (Wildman–Crippen LogP) is 2.02. The van der Waals surface area contributed by atoms with E-state index in [0.717, 1.165) is 19.4 Å². The molecule has 1 aliphatic carbocycles. The van der Waals surface area contributed by atoms with Crippen molar-refractivity contribution in [3.63, 3.8) is 0 Å². The fourth-order valence-electron chi connectivity index (χ4n) is 2.34. The van der Waals surface area contributed by atoms with E-state index in [2.05, 4.69) is 13.8 Å². The van der Waals surface area contributed by atoms with Gasteiger partial charge < -0.3 is 9.64 Å². The molecular formula is C10H17NO2. The predicted molar refractivity (Wildman–Crippen MR) is 49.5 cm³/mol. The van der Waals surface area contributed by atoms with Crippen molar-refractivity contribution in [1.82, 2.24) is 4.90 Å². The SMILES string of the molecule is CC(C)CN1C(=O)O[C@H]2CCC[C@H]21. The van der Waals surface area contributed by atoms with Gasteiger partial charge in [0.05, 0.1) is 6.04 Å². The molecule has 0 unspecified atom stereocenters. The molecule has 2 atom stereocenters. The van der Waals surface area contributed by atoms with E-state index in [1.54, 1.807) is 0 Å². The van der Waals surface area contributed by atoms with Gasteiger partial charge in [0.2, 0.25) is 0 Å². The molecule has 2 fully saturated rings. The van der Waals surface area contributed by atoms with Gasteiger partial charge in [-0.1, -0.05) is 13.8 Å². The Morgan fingerprint density at radius 1 is 1.54 bits per heavy atom. The average molecular weight is 183 g/mol. The maximum atomic E-state index is 11.4. The van der Waals surface area contributed by atoms with Crippen molar-refractivity contribution < 1.29 is 9.53 Å². The lowest BCUT2D eigenvalue weighted by Crippen LogP contribution is -2.36. The zero-order valence-corrected chi connectivity index (χ0v) is 8.32. The highest BCUT2D eigenvalue weighted by molar-refractivity contribution is 5.70. The zero-order chi connectivity index (χ0) is 9.42. The maximum Gasteiger partial charge on any atom is 0.410 e. The molecule has 0 radical (unpaired) electrons. The largest absolute Gasteiger partial charge is 0.444 e. The summed E-state index contributed by atoms with van der Waals surface area (Å²) in [6.45, 7) is 5.12. The van der Waals surface area contributed by atoms with Crippen LogP contribution in [0.1, 0.15) is 33.1 Å². The van der Waals surface area contributed by atoms with Crippen molar-refractivity contribution in [2.75, 3.05) is 6.54 Å². The van der Waals surface area contributed by atoms with Gasteiger partial charge in [-0.2, -0.15) is 0 Å². The van der Waals surface area contributed by atoms with Crippen LogP contribution in [0.5, 0.6) is 0 Å². The minimum atomic E-state index is -0.0941. The highest BCUT2D eigenvalue weighted by Gasteiger charge is 2.44. The molecule has 74 valence electrons. The van der Waals surface area contributed by atoms with E-state index >= 15 is 0 Å². The monoisotopic (exact) mass is 183 g/mol. The van der Waals surface area contributed by atoms with Gasteiger partial charge in [-0.15, -0.1) is 0 Å². The Balaban J connectivity index is 2.04. The molecule has 0 bridgehead atoms. The molecule has 1 amide bonds. The van der Waals surface area contributed by atoms with Crippen LogP contribution >= 0.6 is 0 Å². The second kappa shape index (κ2) is 3.20. The third-order valence-corrected chi connectivity index (χ3v) is 2.87. The first kappa shape index (κ1) is 8.85. The molecule has 0 aromatic carbocycles. The van der Waals surface area contributed by atoms with Crippen LogP contribution in [0.4, 0.5) is 4.79 Å². The first-order valence-electron chi connectivity index (χ1n) is 5.15. The topological polar surface area (TPSA) is 29.5 Å². The fourth-order valence-corrected chi connectivity index (χ4v) is 2.34. The quantitative estimate of drug-likeness (QED) is 0.655. The van der Waals surface area contributed by atoms with E-state index in [1.165, 1.54) is 6.42 Å². The molecular weight excluding hydrogens is 166 g/mol. The van der Waals surface area contributed by atoms with E-state index in [0.29, 0.717) is 12.0 Å². The molecule has 3 nitrogen and oxygen atoms in total. The Labute approximate surface area is 79.0 Å². The lowest BCUT2D eigenvalue weighted by molar-refractivity contribution is 0.129. The van der Waals surface area contributed by atoms with Crippen LogP contribution in [0, 0.1) is 5.92 Å². The Hall–Kier alpha value is -0.730. The number of nitrogens with zero attached hydrogens (tertiary/aromatic N) is 1. The summed E-state index contributed by atoms with van der Waals surface area (Å²) in [5.41, 5.74) is 0. The molecule has 2 rings (SSSR count). The fraction of sp³-hybridized carbons (Fsp3) is 0.900. The molecule has 1 saturated carbocycles. The minimum Gasteiger partial charge on any atom is -0.444 e. The third kappa shape index (κ3) is 1.52. The van der Waals surface area contributed by atoms with Gasteiger partial charge in [0.1, 0.15) is 6.10 Å². The molecule has 13 heavy (non-hydrogen) atoms. The van der Waals surface area contributed by atoms with E-state index < -0.39 is 0 Å². The summed E-state index contributed by atoms with van der Waals surface area (Å²) in [6.07, 6.45) is 3.50. The summed E-state index contributed by atoms with van der Waals surface area (Å²) in [5.74, 6) is 0.534. The molecule has 1 aliphatic heterocycles. The van der Waals surface area contributed by atoms with Crippen molar-refractivity contribution in [2.45, 2.75) is 45.3 Å². The number of fused-ring (bicyclic) bond motifs is 1.